The van der Waals surface area contributed by atoms with E-state index in [9.17, 15) is 12.3 Å². The number of hydrogen-bond acceptors (Lipinski definition) is 2. The maximum absolute atomic E-state index is 12.1. The van der Waals surface area contributed by atoms with Gasteiger partial charge in [0.1, 0.15) is 0 Å². The number of rotatable bonds is 3. The molecule has 5 heteroatoms. The normalized spacial score (nSPS) is 11.5. The van der Waals surface area contributed by atoms with Crippen LogP contribution < -0.4 is 0 Å². The van der Waals surface area contributed by atoms with E-state index in [0.717, 1.165) is 5.56 Å². The summed E-state index contributed by atoms with van der Waals surface area (Å²) in [7, 11) is -4.37. The third-order valence-electron chi connectivity index (χ3n) is 1.55. The Morgan fingerprint density at radius 1 is 1.23 bits per heavy atom. The average molecular weight is 223 g/mol. The number of hydrogen-bond donors (Lipinski definition) is 0. The highest BCUT2D eigenvalue weighted by atomic mass is 35.5. The van der Waals surface area contributed by atoms with Crippen LogP contribution in [-0.2, 0) is 16.6 Å². The lowest BCUT2D eigenvalue weighted by molar-refractivity contribution is 0.551. The monoisotopic (exact) mass is 222 g/mol. The molecular weight excluding hydrogens is 215 g/mol. The summed E-state index contributed by atoms with van der Waals surface area (Å²) in [5.41, 5.74) is 0.755. The first-order valence-corrected chi connectivity index (χ1v) is 5.57. The van der Waals surface area contributed by atoms with Crippen LogP contribution in [-0.4, -0.2) is 14.2 Å². The van der Waals surface area contributed by atoms with Crippen molar-refractivity contribution in [1.29, 1.82) is 0 Å². The van der Waals surface area contributed by atoms with Gasteiger partial charge >= 0.3 is 10.2 Å². The molecule has 2 nitrogen and oxygen atoms in total. The first kappa shape index (κ1) is 10.5. The van der Waals surface area contributed by atoms with Crippen molar-refractivity contribution in [3.63, 3.8) is 0 Å². The van der Waals surface area contributed by atoms with E-state index in [-0.39, 0.29) is 6.42 Å². The van der Waals surface area contributed by atoms with Gasteiger partial charge in [0, 0.05) is 5.02 Å². The molecule has 0 heterocycles. The molecule has 0 aliphatic heterocycles. The number of benzene rings is 1. The van der Waals surface area contributed by atoms with Crippen molar-refractivity contribution >= 4 is 21.8 Å². The second-order valence-corrected chi connectivity index (χ2v) is 4.54. The van der Waals surface area contributed by atoms with Gasteiger partial charge in [0.15, 0.2) is 0 Å². The van der Waals surface area contributed by atoms with Crippen molar-refractivity contribution < 1.29 is 12.3 Å². The molecule has 0 aliphatic rings. The van der Waals surface area contributed by atoms with Gasteiger partial charge in [-0.25, -0.2) is 0 Å². The summed E-state index contributed by atoms with van der Waals surface area (Å²) in [4.78, 5) is 0. The van der Waals surface area contributed by atoms with Gasteiger partial charge in [-0.3, -0.25) is 0 Å². The Hall–Kier alpha value is -0.610. The van der Waals surface area contributed by atoms with Crippen LogP contribution in [0.1, 0.15) is 5.56 Å². The molecule has 0 saturated carbocycles. The van der Waals surface area contributed by atoms with Crippen LogP contribution in [0.5, 0.6) is 0 Å². The standard InChI is InChI=1S/C8H8ClFO2S/c9-8-3-1-7(2-4-8)5-6-13(10,11)12/h1-4H,5-6H2. The number of halogens is 2. The van der Waals surface area contributed by atoms with Crippen molar-refractivity contribution in [1.82, 2.24) is 0 Å². The minimum atomic E-state index is -4.37. The van der Waals surface area contributed by atoms with Gasteiger partial charge in [0.25, 0.3) is 0 Å². The SMILES string of the molecule is O=S(=O)(F)CCc1ccc(Cl)cc1. The molecule has 0 aromatic heterocycles. The van der Waals surface area contributed by atoms with Gasteiger partial charge in [0.2, 0.25) is 0 Å². The van der Waals surface area contributed by atoms with Crippen molar-refractivity contribution in [2.75, 3.05) is 5.75 Å². The van der Waals surface area contributed by atoms with Crippen LogP contribution in [0.3, 0.4) is 0 Å². The largest absolute Gasteiger partial charge is 0.302 e. The lowest BCUT2D eigenvalue weighted by Gasteiger charge is -1.97. The minimum Gasteiger partial charge on any atom is -0.195 e. The molecule has 1 aromatic carbocycles. The van der Waals surface area contributed by atoms with Crippen molar-refractivity contribution in [2.24, 2.45) is 0 Å². The summed E-state index contributed by atoms with van der Waals surface area (Å²) < 4.78 is 32.5. The summed E-state index contributed by atoms with van der Waals surface area (Å²) in [5, 5.41) is 0.576. The molecule has 72 valence electrons. The third kappa shape index (κ3) is 4.24. The fraction of sp³-hybridized carbons (Fsp3) is 0.250. The smallest absolute Gasteiger partial charge is 0.195 e. The highest BCUT2D eigenvalue weighted by Crippen LogP contribution is 2.10. The average Bonchev–Trinajstić information content (AvgIpc) is 2.02. The molecule has 0 N–H and O–H groups in total. The molecule has 0 atom stereocenters. The molecule has 0 radical (unpaired) electrons. The van der Waals surface area contributed by atoms with E-state index in [0.29, 0.717) is 5.02 Å². The van der Waals surface area contributed by atoms with Crippen LogP contribution in [0.25, 0.3) is 0 Å². The van der Waals surface area contributed by atoms with Crippen molar-refractivity contribution in [3.8, 4) is 0 Å². The molecule has 0 bridgehead atoms. The zero-order valence-electron chi connectivity index (χ0n) is 6.70. The molecular formula is C8H8ClFO2S. The predicted molar refractivity (Wildman–Crippen MR) is 50.1 cm³/mol. The lowest BCUT2D eigenvalue weighted by atomic mass is 10.2. The quantitative estimate of drug-likeness (QED) is 0.735. The predicted octanol–water partition coefficient (Wildman–Crippen LogP) is 2.18. The first-order valence-electron chi connectivity index (χ1n) is 3.64. The van der Waals surface area contributed by atoms with E-state index in [4.69, 9.17) is 11.6 Å². The van der Waals surface area contributed by atoms with E-state index >= 15 is 0 Å². The maximum atomic E-state index is 12.1. The van der Waals surface area contributed by atoms with Crippen LogP contribution in [0.4, 0.5) is 3.89 Å². The molecule has 0 fully saturated rings. The maximum Gasteiger partial charge on any atom is 0.302 e. The van der Waals surface area contributed by atoms with Crippen molar-refractivity contribution in [3.05, 3.63) is 34.9 Å². The minimum absolute atomic E-state index is 0.177. The summed E-state index contributed by atoms with van der Waals surface area (Å²) in [6, 6.07) is 6.63. The van der Waals surface area contributed by atoms with Gasteiger partial charge in [-0.05, 0) is 24.1 Å². The number of aryl methyl sites for hydroxylation is 1. The Bertz CT molecular complexity index is 372. The Morgan fingerprint density at radius 2 is 1.77 bits per heavy atom. The molecule has 0 spiro atoms. The van der Waals surface area contributed by atoms with E-state index in [2.05, 4.69) is 0 Å². The summed E-state index contributed by atoms with van der Waals surface area (Å²) >= 11 is 5.61. The van der Waals surface area contributed by atoms with Crippen LogP contribution in [0, 0.1) is 0 Å². The first-order chi connectivity index (χ1) is 5.97. The Balaban J connectivity index is 2.61. The Morgan fingerprint density at radius 3 is 2.23 bits per heavy atom. The fourth-order valence-corrected chi connectivity index (χ4v) is 1.50. The van der Waals surface area contributed by atoms with Gasteiger partial charge in [-0.1, -0.05) is 23.7 Å². The highest BCUT2D eigenvalue weighted by Gasteiger charge is 2.06. The van der Waals surface area contributed by atoms with Gasteiger partial charge < -0.3 is 0 Å². The highest BCUT2D eigenvalue weighted by molar-refractivity contribution is 7.86. The Labute approximate surface area is 81.6 Å². The molecule has 1 rings (SSSR count). The fourth-order valence-electron chi connectivity index (χ4n) is 0.891. The topological polar surface area (TPSA) is 34.1 Å². The van der Waals surface area contributed by atoms with Crippen LogP contribution >= 0.6 is 11.6 Å². The van der Waals surface area contributed by atoms with E-state index in [1.807, 2.05) is 0 Å². The zero-order valence-corrected chi connectivity index (χ0v) is 8.28. The van der Waals surface area contributed by atoms with Crippen molar-refractivity contribution in [2.45, 2.75) is 6.42 Å². The van der Waals surface area contributed by atoms with E-state index in [1.165, 1.54) is 0 Å². The zero-order chi connectivity index (χ0) is 9.90. The summed E-state index contributed by atoms with van der Waals surface area (Å²) in [6.07, 6.45) is 0.177. The molecule has 0 saturated heterocycles. The molecule has 0 aliphatic carbocycles. The summed E-state index contributed by atoms with van der Waals surface area (Å²) in [6.45, 7) is 0. The van der Waals surface area contributed by atoms with Gasteiger partial charge in [0.05, 0.1) is 5.75 Å². The van der Waals surface area contributed by atoms with E-state index in [1.54, 1.807) is 24.3 Å². The van der Waals surface area contributed by atoms with E-state index < -0.39 is 16.0 Å². The van der Waals surface area contributed by atoms with Gasteiger partial charge in [-0.2, -0.15) is 8.42 Å². The van der Waals surface area contributed by atoms with Crippen LogP contribution in [0.15, 0.2) is 24.3 Å². The summed E-state index contributed by atoms with van der Waals surface area (Å²) in [5.74, 6) is -0.478. The molecule has 0 amide bonds. The second-order valence-electron chi connectivity index (χ2n) is 2.62. The molecule has 13 heavy (non-hydrogen) atoms. The lowest BCUT2D eigenvalue weighted by Crippen LogP contribution is -2.01. The third-order valence-corrected chi connectivity index (χ3v) is 2.49. The molecule has 0 unspecified atom stereocenters. The van der Waals surface area contributed by atoms with Crippen LogP contribution in [0.2, 0.25) is 5.02 Å². The molecule has 1 aromatic rings. The Kier molecular flexibility index (Phi) is 3.27. The second kappa shape index (κ2) is 4.07. The van der Waals surface area contributed by atoms with Gasteiger partial charge in [-0.15, -0.1) is 3.89 Å².